The molecule has 0 aliphatic carbocycles. The highest BCUT2D eigenvalue weighted by Crippen LogP contribution is 2.20. The second-order valence-corrected chi connectivity index (χ2v) is 5.79. The molecule has 7 nitrogen and oxygen atoms in total. The first-order chi connectivity index (χ1) is 12.7. The predicted molar refractivity (Wildman–Crippen MR) is 93.4 cm³/mol. The first kappa shape index (κ1) is 16.2. The average molecular weight is 367 g/mol. The van der Waals surface area contributed by atoms with Crippen LogP contribution >= 0.6 is 11.6 Å². The summed E-state index contributed by atoms with van der Waals surface area (Å²) in [5.41, 5.74) is 2.40. The Kier molecular flexibility index (Phi) is 4.28. The molecular weight excluding hydrogens is 356 g/mol. The second-order valence-electron chi connectivity index (χ2n) is 5.36. The lowest BCUT2D eigenvalue weighted by Gasteiger charge is -2.02. The zero-order chi connectivity index (χ0) is 17.9. The van der Waals surface area contributed by atoms with Crippen molar-refractivity contribution >= 4 is 28.6 Å². The first-order valence-corrected chi connectivity index (χ1v) is 8.03. The molecule has 0 radical (unpaired) electrons. The highest BCUT2D eigenvalue weighted by Gasteiger charge is 2.13. The fraction of sp³-hybridized carbons (Fsp3) is 0.0556. The number of benzene rings is 2. The van der Waals surface area contributed by atoms with E-state index in [4.69, 9.17) is 20.9 Å². The molecule has 0 saturated heterocycles. The van der Waals surface area contributed by atoms with Crippen LogP contribution in [0.25, 0.3) is 22.4 Å². The SMILES string of the molecule is O=C(OCc1nc(-c2cccc(Cl)c2)no1)c1ccc2nccnc2c1. The smallest absolute Gasteiger partial charge is 0.338 e. The van der Waals surface area contributed by atoms with Crippen molar-refractivity contribution in [2.45, 2.75) is 6.61 Å². The minimum atomic E-state index is -0.514. The van der Waals surface area contributed by atoms with Crippen molar-refractivity contribution in [3.63, 3.8) is 0 Å². The van der Waals surface area contributed by atoms with Gasteiger partial charge in [0.2, 0.25) is 5.82 Å². The van der Waals surface area contributed by atoms with Crippen LogP contribution in [0.5, 0.6) is 0 Å². The molecule has 4 aromatic rings. The number of ether oxygens (including phenoxy) is 1. The third-order valence-corrected chi connectivity index (χ3v) is 3.82. The summed E-state index contributed by atoms with van der Waals surface area (Å²) in [6, 6.07) is 12.0. The molecule has 0 amide bonds. The third kappa shape index (κ3) is 3.38. The van der Waals surface area contributed by atoms with Crippen molar-refractivity contribution in [1.29, 1.82) is 0 Å². The van der Waals surface area contributed by atoms with Crippen LogP contribution in [-0.4, -0.2) is 26.1 Å². The van der Waals surface area contributed by atoms with E-state index in [1.165, 1.54) is 0 Å². The molecule has 128 valence electrons. The summed E-state index contributed by atoms with van der Waals surface area (Å²) >= 11 is 5.95. The van der Waals surface area contributed by atoms with Gasteiger partial charge in [-0.1, -0.05) is 28.9 Å². The Morgan fingerprint density at radius 1 is 1.08 bits per heavy atom. The standard InChI is InChI=1S/C18H11ClN4O3/c19-13-3-1-2-11(8-13)17-22-16(26-23-17)10-25-18(24)12-4-5-14-15(9-12)21-7-6-20-14/h1-9H,10H2. The molecule has 0 spiro atoms. The summed E-state index contributed by atoms with van der Waals surface area (Å²) in [7, 11) is 0. The maximum absolute atomic E-state index is 12.2. The average Bonchev–Trinajstić information content (AvgIpc) is 3.15. The van der Waals surface area contributed by atoms with Crippen LogP contribution in [0.2, 0.25) is 5.02 Å². The lowest BCUT2D eigenvalue weighted by atomic mass is 10.2. The van der Waals surface area contributed by atoms with Gasteiger partial charge in [-0.15, -0.1) is 0 Å². The Hall–Kier alpha value is -3.32. The van der Waals surface area contributed by atoms with E-state index in [-0.39, 0.29) is 12.5 Å². The predicted octanol–water partition coefficient (Wildman–Crippen LogP) is 3.69. The molecule has 0 atom stereocenters. The number of carbonyl (C=O) groups excluding carboxylic acids is 1. The van der Waals surface area contributed by atoms with Crippen LogP contribution in [0, 0.1) is 0 Å². The normalized spacial score (nSPS) is 10.8. The number of halogens is 1. The molecule has 26 heavy (non-hydrogen) atoms. The minimum Gasteiger partial charge on any atom is -0.452 e. The van der Waals surface area contributed by atoms with Crippen molar-refractivity contribution in [3.05, 3.63) is 71.3 Å². The Morgan fingerprint density at radius 3 is 2.77 bits per heavy atom. The van der Waals surface area contributed by atoms with E-state index < -0.39 is 5.97 Å². The summed E-state index contributed by atoms with van der Waals surface area (Å²) in [4.78, 5) is 24.7. The monoisotopic (exact) mass is 366 g/mol. The summed E-state index contributed by atoms with van der Waals surface area (Å²) in [5.74, 6) is 0.0495. The van der Waals surface area contributed by atoms with Crippen LogP contribution in [0.15, 0.2) is 59.4 Å². The molecule has 0 fully saturated rings. The molecule has 2 heterocycles. The van der Waals surface area contributed by atoms with Gasteiger partial charge >= 0.3 is 5.97 Å². The molecular formula is C18H11ClN4O3. The van der Waals surface area contributed by atoms with E-state index in [1.807, 2.05) is 6.07 Å². The van der Waals surface area contributed by atoms with E-state index in [2.05, 4.69) is 20.1 Å². The largest absolute Gasteiger partial charge is 0.452 e. The number of fused-ring (bicyclic) bond motifs is 1. The third-order valence-electron chi connectivity index (χ3n) is 3.58. The van der Waals surface area contributed by atoms with Crippen molar-refractivity contribution in [2.24, 2.45) is 0 Å². The number of hydrogen-bond donors (Lipinski definition) is 0. The fourth-order valence-electron chi connectivity index (χ4n) is 2.36. The first-order valence-electron chi connectivity index (χ1n) is 7.65. The fourth-order valence-corrected chi connectivity index (χ4v) is 2.55. The van der Waals surface area contributed by atoms with Crippen molar-refractivity contribution in [3.8, 4) is 11.4 Å². The molecule has 8 heteroatoms. The van der Waals surface area contributed by atoms with E-state index in [1.54, 1.807) is 48.8 Å². The number of nitrogens with zero attached hydrogens (tertiary/aromatic N) is 4. The highest BCUT2D eigenvalue weighted by atomic mass is 35.5. The van der Waals surface area contributed by atoms with Crippen molar-refractivity contribution in [2.75, 3.05) is 0 Å². The van der Waals surface area contributed by atoms with Crippen LogP contribution in [0.4, 0.5) is 0 Å². The quantitative estimate of drug-likeness (QED) is 0.508. The maximum Gasteiger partial charge on any atom is 0.338 e. The molecule has 0 unspecified atom stereocenters. The van der Waals surface area contributed by atoms with Crippen LogP contribution in [0.1, 0.15) is 16.2 Å². The van der Waals surface area contributed by atoms with E-state index in [0.29, 0.717) is 33.0 Å². The van der Waals surface area contributed by atoms with Gasteiger partial charge in [0.1, 0.15) is 0 Å². The Bertz CT molecular complexity index is 1100. The zero-order valence-electron chi connectivity index (χ0n) is 13.3. The lowest BCUT2D eigenvalue weighted by molar-refractivity contribution is 0.0430. The van der Waals surface area contributed by atoms with Crippen molar-refractivity contribution < 1.29 is 14.1 Å². The van der Waals surface area contributed by atoms with Gasteiger partial charge in [0, 0.05) is 23.0 Å². The number of aromatic nitrogens is 4. The van der Waals surface area contributed by atoms with Gasteiger partial charge in [-0.05, 0) is 30.3 Å². The summed E-state index contributed by atoms with van der Waals surface area (Å²) in [6.45, 7) is -0.134. The molecule has 0 aliphatic heterocycles. The second kappa shape index (κ2) is 6.89. The Labute approximate surface area is 152 Å². The maximum atomic E-state index is 12.2. The molecule has 0 aliphatic rings. The Morgan fingerprint density at radius 2 is 1.92 bits per heavy atom. The number of esters is 1. The van der Waals surface area contributed by atoms with Gasteiger partial charge < -0.3 is 9.26 Å². The zero-order valence-corrected chi connectivity index (χ0v) is 14.1. The van der Waals surface area contributed by atoms with Crippen molar-refractivity contribution in [1.82, 2.24) is 20.1 Å². The summed E-state index contributed by atoms with van der Waals surface area (Å²) < 4.78 is 10.3. The Balaban J connectivity index is 1.46. The number of carbonyl (C=O) groups is 1. The van der Waals surface area contributed by atoms with Gasteiger partial charge in [0.25, 0.3) is 5.89 Å². The van der Waals surface area contributed by atoms with E-state index in [9.17, 15) is 4.79 Å². The van der Waals surface area contributed by atoms with Crippen LogP contribution in [0.3, 0.4) is 0 Å². The highest BCUT2D eigenvalue weighted by molar-refractivity contribution is 6.30. The summed E-state index contributed by atoms with van der Waals surface area (Å²) in [6.07, 6.45) is 3.15. The minimum absolute atomic E-state index is 0.134. The molecule has 4 rings (SSSR count). The molecule has 0 bridgehead atoms. The number of rotatable bonds is 4. The van der Waals surface area contributed by atoms with Crippen LogP contribution in [-0.2, 0) is 11.3 Å². The molecule has 2 aromatic carbocycles. The van der Waals surface area contributed by atoms with Gasteiger partial charge in [-0.25, -0.2) is 4.79 Å². The molecule has 2 aromatic heterocycles. The molecule has 0 N–H and O–H groups in total. The van der Waals surface area contributed by atoms with E-state index >= 15 is 0 Å². The lowest BCUT2D eigenvalue weighted by Crippen LogP contribution is -2.05. The van der Waals surface area contributed by atoms with E-state index in [0.717, 1.165) is 0 Å². The number of hydrogen-bond acceptors (Lipinski definition) is 7. The molecule has 0 saturated carbocycles. The van der Waals surface area contributed by atoms with Crippen LogP contribution < -0.4 is 0 Å². The topological polar surface area (TPSA) is 91.0 Å². The van der Waals surface area contributed by atoms with Gasteiger partial charge in [0.05, 0.1) is 16.6 Å². The summed E-state index contributed by atoms with van der Waals surface area (Å²) in [5, 5.41) is 4.43. The van der Waals surface area contributed by atoms with Gasteiger partial charge in [-0.2, -0.15) is 4.98 Å². The van der Waals surface area contributed by atoms with Gasteiger partial charge in [-0.3, -0.25) is 9.97 Å². The van der Waals surface area contributed by atoms with Gasteiger partial charge in [0.15, 0.2) is 6.61 Å².